The van der Waals surface area contributed by atoms with Gasteiger partial charge in [-0.15, -0.1) is 0 Å². The van der Waals surface area contributed by atoms with E-state index in [1.54, 1.807) is 31.2 Å². The summed E-state index contributed by atoms with van der Waals surface area (Å²) in [5.74, 6) is -1.08. The van der Waals surface area contributed by atoms with E-state index in [4.69, 9.17) is 18.6 Å². The second-order valence-electron chi connectivity index (χ2n) is 5.25. The van der Waals surface area contributed by atoms with Crippen molar-refractivity contribution in [1.82, 2.24) is 4.57 Å². The Morgan fingerprint density at radius 3 is 2.50 bits per heavy atom. The van der Waals surface area contributed by atoms with Crippen molar-refractivity contribution in [1.29, 1.82) is 0 Å². The monoisotopic (exact) mass is 309 g/mol. The number of esters is 1. The van der Waals surface area contributed by atoms with Crippen molar-refractivity contribution in [2.24, 2.45) is 5.41 Å². The molecule has 0 aliphatic carbocycles. The molecule has 120 valence electrons. The maximum absolute atomic E-state index is 12.3. The Kier molecular flexibility index (Phi) is 4.99. The fraction of sp³-hybridized carbons (Fsp3) is 0.467. The summed E-state index contributed by atoms with van der Waals surface area (Å²) in [6.45, 7) is 1.76. The molecule has 22 heavy (non-hydrogen) atoms. The van der Waals surface area contributed by atoms with E-state index < -0.39 is 17.1 Å². The Morgan fingerprint density at radius 2 is 1.86 bits per heavy atom. The summed E-state index contributed by atoms with van der Waals surface area (Å²) in [5.41, 5.74) is 0.0766. The molecule has 0 saturated carbocycles. The van der Waals surface area contributed by atoms with Crippen LogP contribution in [0, 0.1) is 5.41 Å². The largest absolute Gasteiger partial charge is 0.443 e. The van der Waals surface area contributed by atoms with Crippen LogP contribution in [0.1, 0.15) is 6.92 Å². The zero-order valence-corrected chi connectivity index (χ0v) is 12.8. The lowest BCUT2D eigenvalue weighted by atomic mass is 9.93. The second kappa shape index (κ2) is 6.76. The molecule has 0 spiro atoms. The normalized spacial score (nSPS) is 11.8. The second-order valence-corrected chi connectivity index (χ2v) is 5.25. The number of rotatable bonds is 7. The van der Waals surface area contributed by atoms with Gasteiger partial charge < -0.3 is 18.6 Å². The molecule has 2 rings (SSSR count). The highest BCUT2D eigenvalue weighted by atomic mass is 16.6. The minimum atomic E-state index is -0.938. The van der Waals surface area contributed by atoms with Gasteiger partial charge in [0.05, 0.1) is 18.7 Å². The smallest absolute Gasteiger partial charge is 0.422 e. The number of carbonyl (C=O) groups is 1. The number of aromatic nitrogens is 1. The van der Waals surface area contributed by atoms with Crippen molar-refractivity contribution >= 4 is 17.1 Å². The molecule has 0 atom stereocenters. The number of hydrogen-bond acceptors (Lipinski definition) is 6. The van der Waals surface area contributed by atoms with Crippen molar-refractivity contribution in [2.75, 3.05) is 27.4 Å². The van der Waals surface area contributed by atoms with Gasteiger partial charge in [-0.05, 0) is 19.1 Å². The Morgan fingerprint density at radius 1 is 1.23 bits per heavy atom. The quantitative estimate of drug-likeness (QED) is 0.719. The highest BCUT2D eigenvalue weighted by molar-refractivity contribution is 5.77. The van der Waals surface area contributed by atoms with E-state index >= 15 is 0 Å². The van der Waals surface area contributed by atoms with Gasteiger partial charge in [0, 0.05) is 14.2 Å². The molecule has 0 radical (unpaired) electrons. The summed E-state index contributed by atoms with van der Waals surface area (Å²) in [4.78, 5) is 24.1. The van der Waals surface area contributed by atoms with Crippen molar-refractivity contribution in [2.45, 2.75) is 13.7 Å². The third-order valence-electron chi connectivity index (χ3n) is 3.32. The van der Waals surface area contributed by atoms with Crippen molar-refractivity contribution in [3.63, 3.8) is 0 Å². The third kappa shape index (κ3) is 3.20. The predicted molar refractivity (Wildman–Crippen MR) is 78.4 cm³/mol. The fourth-order valence-corrected chi connectivity index (χ4v) is 2.23. The van der Waals surface area contributed by atoms with Gasteiger partial charge in [0.25, 0.3) is 0 Å². The summed E-state index contributed by atoms with van der Waals surface area (Å²) >= 11 is 0. The van der Waals surface area contributed by atoms with Gasteiger partial charge in [-0.25, -0.2) is 9.36 Å². The molecule has 0 N–H and O–H groups in total. The van der Waals surface area contributed by atoms with E-state index in [1.165, 1.54) is 18.8 Å². The van der Waals surface area contributed by atoms with Crippen molar-refractivity contribution < 1.29 is 23.4 Å². The molecule has 1 heterocycles. The first-order chi connectivity index (χ1) is 10.5. The summed E-state index contributed by atoms with van der Waals surface area (Å²) in [6.07, 6.45) is 0. The SMILES string of the molecule is COCC(C)(COC)C(=O)OCn1c(=O)oc2ccccc21. The standard InChI is InChI=1S/C15H19NO6/c1-15(8-19-2,9-20-3)13(17)21-10-16-11-6-4-5-7-12(11)22-14(16)18/h4-7H,8-10H2,1-3H3. The number of ether oxygens (including phenoxy) is 3. The summed E-state index contributed by atoms with van der Waals surface area (Å²) in [7, 11) is 2.99. The van der Waals surface area contributed by atoms with E-state index in [1.807, 2.05) is 0 Å². The topological polar surface area (TPSA) is 79.9 Å². The van der Waals surface area contributed by atoms with E-state index in [0.717, 1.165) is 0 Å². The van der Waals surface area contributed by atoms with Crippen LogP contribution in [0.5, 0.6) is 0 Å². The van der Waals surface area contributed by atoms with E-state index in [9.17, 15) is 9.59 Å². The van der Waals surface area contributed by atoms with E-state index in [2.05, 4.69) is 0 Å². The number of fused-ring (bicyclic) bond motifs is 1. The number of carbonyl (C=O) groups excluding carboxylic acids is 1. The average Bonchev–Trinajstić information content (AvgIpc) is 2.80. The number of oxazole rings is 1. The molecular weight excluding hydrogens is 290 g/mol. The molecule has 0 aliphatic heterocycles. The molecule has 0 fully saturated rings. The summed E-state index contributed by atoms with van der Waals surface area (Å²) < 4.78 is 21.7. The van der Waals surface area contributed by atoms with Crippen molar-refractivity contribution in [3.05, 3.63) is 34.8 Å². The van der Waals surface area contributed by atoms with Gasteiger partial charge in [-0.3, -0.25) is 4.79 Å². The Bertz CT molecular complexity index is 695. The maximum Gasteiger partial charge on any atom is 0.422 e. The summed E-state index contributed by atoms with van der Waals surface area (Å²) in [6, 6.07) is 6.93. The first-order valence-electron chi connectivity index (χ1n) is 6.75. The van der Waals surface area contributed by atoms with Crippen LogP contribution in [0.15, 0.2) is 33.5 Å². The van der Waals surface area contributed by atoms with Gasteiger partial charge in [0.1, 0.15) is 5.41 Å². The van der Waals surface area contributed by atoms with Gasteiger partial charge in [-0.2, -0.15) is 0 Å². The minimum Gasteiger partial charge on any atom is -0.443 e. The van der Waals surface area contributed by atoms with E-state index in [0.29, 0.717) is 11.1 Å². The van der Waals surface area contributed by atoms with Crippen LogP contribution in [-0.4, -0.2) is 38.0 Å². The molecule has 0 bridgehead atoms. The Balaban J connectivity index is 2.15. The van der Waals surface area contributed by atoms with Crippen molar-refractivity contribution in [3.8, 4) is 0 Å². The highest BCUT2D eigenvalue weighted by Crippen LogP contribution is 2.20. The minimum absolute atomic E-state index is 0.153. The molecule has 0 amide bonds. The first kappa shape index (κ1) is 16.3. The fourth-order valence-electron chi connectivity index (χ4n) is 2.23. The molecule has 0 aliphatic rings. The lowest BCUT2D eigenvalue weighted by Gasteiger charge is -2.25. The number of methoxy groups -OCH3 is 2. The molecule has 0 unspecified atom stereocenters. The van der Waals surface area contributed by atoms with Crippen LogP contribution in [0.2, 0.25) is 0 Å². The zero-order valence-electron chi connectivity index (χ0n) is 12.8. The third-order valence-corrected chi connectivity index (χ3v) is 3.32. The number of benzene rings is 1. The molecule has 7 heteroatoms. The Labute approximate surface area is 127 Å². The summed E-state index contributed by atoms with van der Waals surface area (Å²) in [5, 5.41) is 0. The maximum atomic E-state index is 12.3. The first-order valence-corrected chi connectivity index (χ1v) is 6.75. The van der Waals surface area contributed by atoms with Crippen LogP contribution < -0.4 is 5.76 Å². The predicted octanol–water partition coefficient (Wildman–Crippen LogP) is 1.39. The lowest BCUT2D eigenvalue weighted by molar-refractivity contribution is -0.165. The molecule has 2 aromatic rings. The number of nitrogens with zero attached hydrogens (tertiary/aromatic N) is 1. The van der Waals surface area contributed by atoms with Crippen LogP contribution in [0.4, 0.5) is 0 Å². The van der Waals surface area contributed by atoms with Gasteiger partial charge in [-0.1, -0.05) is 12.1 Å². The van der Waals surface area contributed by atoms with Crippen LogP contribution in [0.25, 0.3) is 11.1 Å². The number of para-hydroxylation sites is 2. The average molecular weight is 309 g/mol. The lowest BCUT2D eigenvalue weighted by Crippen LogP contribution is -2.39. The highest BCUT2D eigenvalue weighted by Gasteiger charge is 2.35. The molecule has 0 saturated heterocycles. The Hall–Kier alpha value is -2.12. The molecule has 7 nitrogen and oxygen atoms in total. The molecule has 1 aromatic heterocycles. The van der Waals surface area contributed by atoms with E-state index in [-0.39, 0.29) is 19.9 Å². The van der Waals surface area contributed by atoms with Gasteiger partial charge in [0.2, 0.25) is 0 Å². The van der Waals surface area contributed by atoms with Crippen LogP contribution in [-0.2, 0) is 25.7 Å². The number of hydrogen-bond donors (Lipinski definition) is 0. The van der Waals surface area contributed by atoms with Crippen LogP contribution >= 0.6 is 0 Å². The van der Waals surface area contributed by atoms with Gasteiger partial charge >= 0.3 is 11.7 Å². The van der Waals surface area contributed by atoms with Gasteiger partial charge in [0.15, 0.2) is 12.3 Å². The molecule has 1 aromatic carbocycles. The zero-order chi connectivity index (χ0) is 16.2. The molecular formula is C15H19NO6. The van der Waals surface area contributed by atoms with Crippen LogP contribution in [0.3, 0.4) is 0 Å².